The number of hydrogen-bond acceptors (Lipinski definition) is 2. The highest BCUT2D eigenvalue weighted by Crippen LogP contribution is 2.18. The van der Waals surface area contributed by atoms with Crippen molar-refractivity contribution in [2.24, 2.45) is 0 Å². The molecule has 0 aliphatic carbocycles. The highest BCUT2D eigenvalue weighted by molar-refractivity contribution is 5.54. The van der Waals surface area contributed by atoms with Crippen LogP contribution in [0.25, 0.3) is 6.08 Å². The molecule has 2 nitrogen and oxygen atoms in total. The molecule has 3 heteroatoms. The highest BCUT2D eigenvalue weighted by atomic mass is 19.1. The van der Waals surface area contributed by atoms with Gasteiger partial charge in [0.25, 0.3) is 0 Å². The number of benzene rings is 1. The topological polar surface area (TPSA) is 40.5 Å². The molecule has 0 saturated carbocycles. The Kier molecular flexibility index (Phi) is 3.65. The molecule has 0 fully saturated rings. The minimum absolute atomic E-state index is 0.0288. The Hall–Kier alpha value is -1.35. The van der Waals surface area contributed by atoms with Gasteiger partial charge >= 0.3 is 0 Å². The van der Waals surface area contributed by atoms with Gasteiger partial charge in [-0.2, -0.15) is 0 Å². The summed E-state index contributed by atoms with van der Waals surface area (Å²) >= 11 is 0. The van der Waals surface area contributed by atoms with Gasteiger partial charge in [-0.05, 0) is 29.7 Å². The van der Waals surface area contributed by atoms with E-state index in [4.69, 9.17) is 10.2 Å². The van der Waals surface area contributed by atoms with Gasteiger partial charge in [0.05, 0.1) is 6.61 Å². The van der Waals surface area contributed by atoms with E-state index in [1.807, 2.05) is 6.92 Å². The minimum atomic E-state index is -0.646. The Morgan fingerprint density at radius 3 is 2.71 bits per heavy atom. The standard InChI is InChI=1S/C11H13FO2/c1-2-8(7-13)5-9-3-4-11(14)10(12)6-9/h3-6,13-14H,2,7H2,1H3/b8-5-. The Morgan fingerprint density at radius 1 is 1.50 bits per heavy atom. The van der Waals surface area contributed by atoms with Gasteiger partial charge in [0, 0.05) is 0 Å². The van der Waals surface area contributed by atoms with Gasteiger partial charge in [0.1, 0.15) is 0 Å². The third kappa shape index (κ3) is 2.57. The summed E-state index contributed by atoms with van der Waals surface area (Å²) < 4.78 is 12.9. The average molecular weight is 196 g/mol. The quantitative estimate of drug-likeness (QED) is 0.778. The van der Waals surface area contributed by atoms with E-state index >= 15 is 0 Å². The molecule has 0 amide bonds. The maximum absolute atomic E-state index is 12.9. The van der Waals surface area contributed by atoms with Gasteiger partial charge in [-0.25, -0.2) is 4.39 Å². The molecular weight excluding hydrogens is 183 g/mol. The van der Waals surface area contributed by atoms with E-state index < -0.39 is 5.82 Å². The van der Waals surface area contributed by atoms with Crippen molar-refractivity contribution in [2.75, 3.05) is 6.61 Å². The molecule has 2 N–H and O–H groups in total. The SMILES string of the molecule is CC/C(=C/c1ccc(O)c(F)c1)CO. The van der Waals surface area contributed by atoms with E-state index in [-0.39, 0.29) is 12.4 Å². The van der Waals surface area contributed by atoms with Crippen molar-refractivity contribution in [1.29, 1.82) is 0 Å². The first-order valence-electron chi connectivity index (χ1n) is 4.46. The molecule has 0 aromatic heterocycles. The molecule has 0 aliphatic rings. The predicted molar refractivity (Wildman–Crippen MR) is 53.4 cm³/mol. The maximum atomic E-state index is 12.9. The third-order valence-electron chi connectivity index (χ3n) is 2.00. The molecule has 0 atom stereocenters. The summed E-state index contributed by atoms with van der Waals surface area (Å²) in [4.78, 5) is 0. The summed E-state index contributed by atoms with van der Waals surface area (Å²) in [5.74, 6) is -1.00. The van der Waals surface area contributed by atoms with Gasteiger partial charge in [0.15, 0.2) is 11.6 Å². The Labute approximate surface area is 82.3 Å². The molecule has 1 aromatic carbocycles. The van der Waals surface area contributed by atoms with Crippen LogP contribution in [0.1, 0.15) is 18.9 Å². The molecule has 0 spiro atoms. The Morgan fingerprint density at radius 2 is 2.21 bits per heavy atom. The number of halogens is 1. The van der Waals surface area contributed by atoms with E-state index in [2.05, 4.69) is 0 Å². The van der Waals surface area contributed by atoms with Gasteiger partial charge in [-0.3, -0.25) is 0 Å². The molecule has 14 heavy (non-hydrogen) atoms. The van der Waals surface area contributed by atoms with Crippen LogP contribution in [-0.2, 0) is 0 Å². The van der Waals surface area contributed by atoms with Crippen LogP contribution in [0, 0.1) is 5.82 Å². The normalized spacial score (nSPS) is 11.8. The van der Waals surface area contributed by atoms with Crippen LogP contribution in [0.4, 0.5) is 4.39 Å². The largest absolute Gasteiger partial charge is 0.505 e. The fraction of sp³-hybridized carbons (Fsp3) is 0.273. The number of hydrogen-bond donors (Lipinski definition) is 2. The zero-order valence-electron chi connectivity index (χ0n) is 8.00. The van der Waals surface area contributed by atoms with Crippen LogP contribution >= 0.6 is 0 Å². The van der Waals surface area contributed by atoms with Crippen molar-refractivity contribution in [3.8, 4) is 5.75 Å². The summed E-state index contributed by atoms with van der Waals surface area (Å²) in [6, 6.07) is 4.14. The van der Waals surface area contributed by atoms with E-state index in [0.717, 1.165) is 12.0 Å². The fourth-order valence-corrected chi connectivity index (χ4v) is 1.11. The maximum Gasteiger partial charge on any atom is 0.165 e. The van der Waals surface area contributed by atoms with Crippen LogP contribution in [0.2, 0.25) is 0 Å². The summed E-state index contributed by atoms with van der Waals surface area (Å²) in [6.07, 6.45) is 2.43. The Balaban J connectivity index is 2.97. The van der Waals surface area contributed by atoms with E-state index in [9.17, 15) is 4.39 Å². The second-order valence-electron chi connectivity index (χ2n) is 3.03. The number of phenolic OH excluding ortho intramolecular Hbond substituents is 1. The van der Waals surface area contributed by atoms with Gasteiger partial charge in [-0.1, -0.05) is 19.1 Å². The summed E-state index contributed by atoms with van der Waals surface area (Å²) in [5.41, 5.74) is 1.47. The molecule has 1 aromatic rings. The first-order chi connectivity index (χ1) is 6.67. The summed E-state index contributed by atoms with van der Waals surface area (Å²) in [7, 11) is 0. The molecule has 1 rings (SSSR count). The number of phenols is 1. The zero-order chi connectivity index (χ0) is 10.6. The number of rotatable bonds is 3. The van der Waals surface area contributed by atoms with E-state index in [1.54, 1.807) is 12.1 Å². The van der Waals surface area contributed by atoms with E-state index in [1.165, 1.54) is 12.1 Å². The number of aliphatic hydroxyl groups excluding tert-OH is 1. The lowest BCUT2D eigenvalue weighted by molar-refractivity contribution is 0.329. The highest BCUT2D eigenvalue weighted by Gasteiger charge is 2.00. The molecule has 0 saturated heterocycles. The van der Waals surface area contributed by atoms with Crippen LogP contribution in [0.5, 0.6) is 5.75 Å². The third-order valence-corrected chi connectivity index (χ3v) is 2.00. The van der Waals surface area contributed by atoms with E-state index in [0.29, 0.717) is 5.56 Å². The molecule has 0 heterocycles. The molecule has 76 valence electrons. The lowest BCUT2D eigenvalue weighted by atomic mass is 10.1. The van der Waals surface area contributed by atoms with Crippen LogP contribution in [-0.4, -0.2) is 16.8 Å². The smallest absolute Gasteiger partial charge is 0.165 e. The lowest BCUT2D eigenvalue weighted by Gasteiger charge is -2.01. The summed E-state index contributed by atoms with van der Waals surface area (Å²) in [6.45, 7) is 1.89. The zero-order valence-corrected chi connectivity index (χ0v) is 8.00. The first-order valence-corrected chi connectivity index (χ1v) is 4.46. The van der Waals surface area contributed by atoms with Crippen molar-refractivity contribution in [1.82, 2.24) is 0 Å². The molecule has 0 radical (unpaired) electrons. The number of aromatic hydroxyl groups is 1. The van der Waals surface area contributed by atoms with Crippen molar-refractivity contribution >= 4 is 6.08 Å². The molecule has 0 unspecified atom stereocenters. The Bertz CT molecular complexity index is 339. The second kappa shape index (κ2) is 4.77. The summed E-state index contributed by atoms with van der Waals surface area (Å²) in [5, 5.41) is 17.8. The van der Waals surface area contributed by atoms with Gasteiger partial charge in [-0.15, -0.1) is 0 Å². The van der Waals surface area contributed by atoms with Crippen molar-refractivity contribution in [3.63, 3.8) is 0 Å². The minimum Gasteiger partial charge on any atom is -0.505 e. The van der Waals surface area contributed by atoms with Gasteiger partial charge in [0.2, 0.25) is 0 Å². The molecule has 0 bridgehead atoms. The fourth-order valence-electron chi connectivity index (χ4n) is 1.11. The first kappa shape index (κ1) is 10.7. The van der Waals surface area contributed by atoms with Crippen LogP contribution in [0.15, 0.2) is 23.8 Å². The number of aliphatic hydroxyl groups is 1. The van der Waals surface area contributed by atoms with Crippen molar-refractivity contribution in [3.05, 3.63) is 35.2 Å². The lowest BCUT2D eigenvalue weighted by Crippen LogP contribution is -1.88. The second-order valence-corrected chi connectivity index (χ2v) is 3.03. The van der Waals surface area contributed by atoms with Crippen LogP contribution < -0.4 is 0 Å². The van der Waals surface area contributed by atoms with Crippen LogP contribution in [0.3, 0.4) is 0 Å². The predicted octanol–water partition coefficient (Wildman–Crippen LogP) is 2.32. The molecule has 0 aliphatic heterocycles. The average Bonchev–Trinajstić information content (AvgIpc) is 2.19. The van der Waals surface area contributed by atoms with Gasteiger partial charge < -0.3 is 10.2 Å². The monoisotopic (exact) mass is 196 g/mol. The van der Waals surface area contributed by atoms with Crippen molar-refractivity contribution < 1.29 is 14.6 Å². The van der Waals surface area contributed by atoms with Crippen molar-refractivity contribution in [2.45, 2.75) is 13.3 Å². The molecular formula is C11H13FO2.